The van der Waals surface area contributed by atoms with Gasteiger partial charge in [0, 0.05) is 43.7 Å². The Morgan fingerprint density at radius 2 is 1.60 bits per heavy atom. The SMILES string of the molecule is CNC(=O)OCc1ccc(NC(=O)OCc2ccc(NOSC)cc2)c(COC)c1. The molecule has 2 rings (SSSR count). The summed E-state index contributed by atoms with van der Waals surface area (Å²) >= 11 is 1.20. The molecule has 0 aliphatic heterocycles. The fraction of sp³-hybridized carbons (Fsp3) is 0.300. The van der Waals surface area contributed by atoms with Gasteiger partial charge in [-0.1, -0.05) is 18.2 Å². The number of carbonyl (C=O) groups excluding carboxylic acids is 2. The highest BCUT2D eigenvalue weighted by Crippen LogP contribution is 2.20. The molecule has 0 radical (unpaired) electrons. The Labute approximate surface area is 179 Å². The summed E-state index contributed by atoms with van der Waals surface area (Å²) in [4.78, 5) is 23.4. The molecule has 0 fully saturated rings. The van der Waals surface area contributed by atoms with Crippen molar-refractivity contribution in [2.45, 2.75) is 19.8 Å². The van der Waals surface area contributed by atoms with E-state index in [0.717, 1.165) is 22.4 Å². The molecule has 0 bridgehead atoms. The van der Waals surface area contributed by atoms with E-state index in [1.165, 1.54) is 19.1 Å². The second kappa shape index (κ2) is 12.6. The number of alkyl carbamates (subject to hydrolysis) is 1. The highest BCUT2D eigenvalue weighted by atomic mass is 32.2. The Hall–Kier alpha value is -2.95. The summed E-state index contributed by atoms with van der Waals surface area (Å²) in [6.45, 7) is 0.497. The highest BCUT2D eigenvalue weighted by Gasteiger charge is 2.10. The zero-order valence-corrected chi connectivity index (χ0v) is 17.8. The average Bonchev–Trinajstić information content (AvgIpc) is 2.77. The van der Waals surface area contributed by atoms with Crippen molar-refractivity contribution in [3.8, 4) is 0 Å². The maximum Gasteiger partial charge on any atom is 0.411 e. The van der Waals surface area contributed by atoms with Crippen LogP contribution in [0.4, 0.5) is 21.0 Å². The van der Waals surface area contributed by atoms with Gasteiger partial charge in [0.1, 0.15) is 13.2 Å². The Morgan fingerprint density at radius 1 is 0.933 bits per heavy atom. The predicted molar refractivity (Wildman–Crippen MR) is 115 cm³/mol. The fourth-order valence-electron chi connectivity index (χ4n) is 2.41. The lowest BCUT2D eigenvalue weighted by Crippen LogP contribution is -2.19. The molecule has 2 aromatic rings. The van der Waals surface area contributed by atoms with Crippen molar-refractivity contribution in [2.24, 2.45) is 0 Å². The molecular weight excluding hydrogens is 410 g/mol. The van der Waals surface area contributed by atoms with Crippen LogP contribution in [-0.4, -0.2) is 32.6 Å². The van der Waals surface area contributed by atoms with Crippen LogP contribution in [0.15, 0.2) is 42.5 Å². The van der Waals surface area contributed by atoms with Crippen molar-refractivity contribution >= 4 is 35.6 Å². The molecule has 0 atom stereocenters. The molecule has 30 heavy (non-hydrogen) atoms. The Balaban J connectivity index is 1.92. The van der Waals surface area contributed by atoms with Gasteiger partial charge in [-0.2, -0.15) is 0 Å². The summed E-state index contributed by atoms with van der Waals surface area (Å²) in [5.74, 6) is 0. The Bertz CT molecular complexity index is 832. The quantitative estimate of drug-likeness (QED) is 0.379. The lowest BCUT2D eigenvalue weighted by Gasteiger charge is -2.13. The Morgan fingerprint density at radius 3 is 2.27 bits per heavy atom. The van der Waals surface area contributed by atoms with Gasteiger partial charge in [-0.05, 0) is 35.4 Å². The van der Waals surface area contributed by atoms with Crippen molar-refractivity contribution in [3.05, 3.63) is 59.2 Å². The van der Waals surface area contributed by atoms with Gasteiger partial charge >= 0.3 is 12.2 Å². The molecule has 2 aromatic carbocycles. The molecule has 2 amide bonds. The van der Waals surface area contributed by atoms with Crippen LogP contribution in [0.2, 0.25) is 0 Å². The minimum absolute atomic E-state index is 0.105. The van der Waals surface area contributed by atoms with Gasteiger partial charge in [-0.3, -0.25) is 10.8 Å². The summed E-state index contributed by atoms with van der Waals surface area (Å²) in [6.07, 6.45) is 0.697. The van der Waals surface area contributed by atoms with Crippen molar-refractivity contribution in [3.63, 3.8) is 0 Å². The van der Waals surface area contributed by atoms with Crippen molar-refractivity contribution < 1.29 is 28.1 Å². The first kappa shape index (κ1) is 23.3. The molecule has 0 aromatic heterocycles. The molecule has 0 aliphatic rings. The second-order valence-electron chi connectivity index (χ2n) is 6.00. The third-order valence-corrected chi connectivity index (χ3v) is 4.10. The molecule has 0 saturated carbocycles. The maximum absolute atomic E-state index is 12.2. The normalized spacial score (nSPS) is 10.2. The molecule has 10 heteroatoms. The third-order valence-electron chi connectivity index (χ3n) is 3.85. The van der Waals surface area contributed by atoms with Crippen LogP contribution in [0.25, 0.3) is 0 Å². The van der Waals surface area contributed by atoms with Gasteiger partial charge in [0.2, 0.25) is 0 Å². The highest BCUT2D eigenvalue weighted by molar-refractivity contribution is 7.93. The van der Waals surface area contributed by atoms with E-state index in [1.54, 1.807) is 31.6 Å². The van der Waals surface area contributed by atoms with Gasteiger partial charge in [-0.25, -0.2) is 13.9 Å². The summed E-state index contributed by atoms with van der Waals surface area (Å²) < 4.78 is 20.5. The van der Waals surface area contributed by atoms with E-state index in [1.807, 2.05) is 24.3 Å². The van der Waals surface area contributed by atoms with E-state index >= 15 is 0 Å². The number of nitrogens with one attached hydrogen (secondary N) is 3. The number of methoxy groups -OCH3 is 1. The van der Waals surface area contributed by atoms with Crippen LogP contribution in [0.1, 0.15) is 16.7 Å². The molecule has 162 valence electrons. The van der Waals surface area contributed by atoms with Crippen molar-refractivity contribution in [1.29, 1.82) is 0 Å². The smallest absolute Gasteiger partial charge is 0.411 e. The minimum atomic E-state index is -0.588. The van der Waals surface area contributed by atoms with Crippen molar-refractivity contribution in [1.82, 2.24) is 5.32 Å². The molecule has 0 unspecified atom stereocenters. The molecule has 0 aliphatic carbocycles. The van der Waals surface area contributed by atoms with Gasteiger partial charge in [0.25, 0.3) is 0 Å². The van der Waals surface area contributed by atoms with E-state index in [0.29, 0.717) is 5.69 Å². The van der Waals surface area contributed by atoms with Crippen LogP contribution in [-0.2, 0) is 38.3 Å². The van der Waals surface area contributed by atoms with E-state index in [9.17, 15) is 9.59 Å². The molecule has 0 spiro atoms. The van der Waals surface area contributed by atoms with Crippen LogP contribution < -0.4 is 16.1 Å². The molecular formula is C20H25N3O6S. The summed E-state index contributed by atoms with van der Waals surface area (Å²) in [5.41, 5.74) is 6.44. The number of benzene rings is 2. The molecule has 9 nitrogen and oxygen atoms in total. The number of anilines is 2. The van der Waals surface area contributed by atoms with Gasteiger partial charge in [-0.15, -0.1) is 0 Å². The number of ether oxygens (including phenoxy) is 3. The molecule has 0 saturated heterocycles. The average molecular weight is 436 g/mol. The summed E-state index contributed by atoms with van der Waals surface area (Å²) in [5, 5.41) is 5.09. The lowest BCUT2D eigenvalue weighted by molar-refractivity contribution is 0.141. The van der Waals surface area contributed by atoms with Crippen LogP contribution in [0.3, 0.4) is 0 Å². The van der Waals surface area contributed by atoms with Crippen LogP contribution >= 0.6 is 12.0 Å². The first-order valence-electron chi connectivity index (χ1n) is 8.99. The van der Waals surface area contributed by atoms with E-state index < -0.39 is 12.2 Å². The van der Waals surface area contributed by atoms with Gasteiger partial charge < -0.3 is 19.5 Å². The minimum Gasteiger partial charge on any atom is -0.445 e. The van der Waals surface area contributed by atoms with Crippen molar-refractivity contribution in [2.75, 3.05) is 31.2 Å². The summed E-state index contributed by atoms with van der Waals surface area (Å²) in [6, 6.07) is 12.6. The molecule has 0 heterocycles. The monoisotopic (exact) mass is 435 g/mol. The first-order chi connectivity index (χ1) is 14.5. The number of rotatable bonds is 10. The number of hydrogen-bond donors (Lipinski definition) is 3. The molecule has 3 N–H and O–H groups in total. The number of amides is 2. The number of hydrogen-bond acceptors (Lipinski definition) is 8. The predicted octanol–water partition coefficient (Wildman–Crippen LogP) is 4.06. The van der Waals surface area contributed by atoms with E-state index in [2.05, 4.69) is 16.1 Å². The zero-order valence-electron chi connectivity index (χ0n) is 17.0. The van der Waals surface area contributed by atoms with E-state index in [-0.39, 0.29) is 19.8 Å². The van der Waals surface area contributed by atoms with Crippen LogP contribution in [0.5, 0.6) is 0 Å². The lowest BCUT2D eigenvalue weighted by atomic mass is 10.1. The largest absolute Gasteiger partial charge is 0.445 e. The summed E-state index contributed by atoms with van der Waals surface area (Å²) in [7, 11) is 3.04. The second-order valence-corrected chi connectivity index (χ2v) is 6.50. The maximum atomic E-state index is 12.2. The standard InChI is InChI=1S/C20H25N3O6S/c1-21-19(24)27-12-15-6-9-18(16(10-15)13-26-2)22-20(25)28-11-14-4-7-17(8-5-14)23-29-30-3/h4-10,23H,11-13H2,1-3H3,(H,21,24)(H,22,25). The van der Waals surface area contributed by atoms with E-state index in [4.69, 9.17) is 18.5 Å². The zero-order chi connectivity index (χ0) is 21.8. The van der Waals surface area contributed by atoms with Gasteiger partial charge in [0.05, 0.1) is 12.3 Å². The van der Waals surface area contributed by atoms with Gasteiger partial charge in [0.15, 0.2) is 0 Å². The van der Waals surface area contributed by atoms with Crippen LogP contribution in [0, 0.1) is 0 Å². The fourth-order valence-corrected chi connectivity index (χ4v) is 2.59. The number of carbonyl (C=O) groups is 2. The Kier molecular flexibility index (Phi) is 9.78. The first-order valence-corrected chi connectivity index (χ1v) is 10.1. The third kappa shape index (κ3) is 7.82. The topological polar surface area (TPSA) is 107 Å².